The van der Waals surface area contributed by atoms with Crippen molar-refractivity contribution in [1.29, 1.82) is 0 Å². The summed E-state index contributed by atoms with van der Waals surface area (Å²) >= 11 is 0. The van der Waals surface area contributed by atoms with E-state index in [1.54, 1.807) is 0 Å². The van der Waals surface area contributed by atoms with Crippen molar-refractivity contribution in [2.24, 2.45) is 5.73 Å². The van der Waals surface area contributed by atoms with Gasteiger partial charge in [-0.1, -0.05) is 0 Å². The lowest BCUT2D eigenvalue weighted by Crippen LogP contribution is -2.51. The first kappa shape index (κ1) is 7.94. The number of ether oxygens (including phenoxy) is 1. The maximum Gasteiger partial charge on any atom is 0.182 e. The van der Waals surface area contributed by atoms with E-state index >= 15 is 0 Å². The summed E-state index contributed by atoms with van der Waals surface area (Å²) in [7, 11) is 0. The summed E-state index contributed by atoms with van der Waals surface area (Å²) in [5, 5.41) is 18.0. The molecule has 0 aromatic rings. The van der Waals surface area contributed by atoms with Gasteiger partial charge in [0, 0.05) is 6.04 Å². The minimum Gasteiger partial charge on any atom is -0.386 e. The number of aliphatic hydroxyl groups excluding tert-OH is 2. The van der Waals surface area contributed by atoms with E-state index in [9.17, 15) is 0 Å². The van der Waals surface area contributed by atoms with Crippen molar-refractivity contribution in [3.8, 4) is 0 Å². The van der Waals surface area contributed by atoms with Crippen LogP contribution in [0.3, 0.4) is 0 Å². The second-order valence-electron chi connectivity index (χ2n) is 2.73. The van der Waals surface area contributed by atoms with Crippen LogP contribution in [-0.2, 0) is 4.74 Å². The molecule has 1 heterocycles. The Labute approximate surface area is 59.6 Å². The Morgan fingerprint density at radius 1 is 1.50 bits per heavy atom. The molecular formula is C6H13NO3. The summed E-state index contributed by atoms with van der Waals surface area (Å²) in [6.45, 7) is 1.81. The molecule has 1 saturated heterocycles. The van der Waals surface area contributed by atoms with Crippen LogP contribution in [0.15, 0.2) is 0 Å². The van der Waals surface area contributed by atoms with Crippen molar-refractivity contribution in [1.82, 2.24) is 0 Å². The maximum absolute atomic E-state index is 9.06. The fraction of sp³-hybridized carbons (Fsp3) is 1.00. The molecule has 1 aliphatic heterocycles. The lowest BCUT2D eigenvalue weighted by Gasteiger charge is -2.33. The van der Waals surface area contributed by atoms with E-state index in [0.717, 1.165) is 0 Å². The van der Waals surface area contributed by atoms with Gasteiger partial charge >= 0.3 is 0 Å². The molecule has 4 nitrogen and oxygen atoms in total. The van der Waals surface area contributed by atoms with Gasteiger partial charge in [-0.25, -0.2) is 0 Å². The van der Waals surface area contributed by atoms with Crippen LogP contribution in [0.1, 0.15) is 13.3 Å². The van der Waals surface area contributed by atoms with E-state index in [-0.39, 0.29) is 12.1 Å². The Bertz CT molecular complexity index is 108. The normalized spacial score (nSPS) is 49.2. The lowest BCUT2D eigenvalue weighted by atomic mass is 10.0. The van der Waals surface area contributed by atoms with Crippen molar-refractivity contribution in [3.63, 3.8) is 0 Å². The molecule has 0 radical (unpaired) electrons. The molecule has 0 aromatic carbocycles. The van der Waals surface area contributed by atoms with Crippen LogP contribution < -0.4 is 5.73 Å². The summed E-state index contributed by atoms with van der Waals surface area (Å²) in [6, 6.07) is -0.362. The Kier molecular flexibility index (Phi) is 2.25. The predicted molar refractivity (Wildman–Crippen MR) is 35.2 cm³/mol. The zero-order chi connectivity index (χ0) is 7.72. The van der Waals surface area contributed by atoms with Gasteiger partial charge in [-0.05, 0) is 13.3 Å². The van der Waals surface area contributed by atoms with Gasteiger partial charge in [0.05, 0.1) is 6.10 Å². The fourth-order valence-corrected chi connectivity index (χ4v) is 1.11. The van der Waals surface area contributed by atoms with Gasteiger partial charge in [-0.3, -0.25) is 0 Å². The molecule has 60 valence electrons. The number of hydrogen-bond donors (Lipinski definition) is 3. The summed E-state index contributed by atoms with van der Waals surface area (Å²) < 4.78 is 4.89. The molecule has 4 N–H and O–H groups in total. The van der Waals surface area contributed by atoms with Crippen molar-refractivity contribution in [2.75, 3.05) is 0 Å². The molecule has 10 heavy (non-hydrogen) atoms. The van der Waals surface area contributed by atoms with Gasteiger partial charge in [-0.15, -0.1) is 0 Å². The standard InChI is InChI=1S/C6H13NO3/c1-3-2-4(7)5(8)6(9)10-3/h3-6,8-9H,2,7H2,1H3/t3-,4?,5?,6+/m1/s1. The molecular weight excluding hydrogens is 134 g/mol. The Morgan fingerprint density at radius 3 is 2.60 bits per heavy atom. The topological polar surface area (TPSA) is 75.7 Å². The summed E-state index contributed by atoms with van der Waals surface area (Å²) in [4.78, 5) is 0. The molecule has 2 unspecified atom stereocenters. The number of aliphatic hydroxyl groups is 2. The molecule has 0 saturated carbocycles. The van der Waals surface area contributed by atoms with Crippen LogP contribution in [0.2, 0.25) is 0 Å². The Morgan fingerprint density at radius 2 is 2.10 bits per heavy atom. The van der Waals surface area contributed by atoms with Gasteiger partial charge in [0.1, 0.15) is 6.10 Å². The van der Waals surface area contributed by atoms with Gasteiger partial charge in [0.2, 0.25) is 0 Å². The SMILES string of the molecule is C[C@@H]1CC(N)C(O)[C@@H](O)O1. The van der Waals surface area contributed by atoms with E-state index in [1.165, 1.54) is 0 Å². The predicted octanol–water partition coefficient (Wildman–Crippen LogP) is -1.20. The van der Waals surface area contributed by atoms with Crippen molar-refractivity contribution >= 4 is 0 Å². The van der Waals surface area contributed by atoms with E-state index in [4.69, 9.17) is 20.7 Å². The van der Waals surface area contributed by atoms with E-state index in [0.29, 0.717) is 6.42 Å². The second kappa shape index (κ2) is 2.84. The second-order valence-corrected chi connectivity index (χ2v) is 2.73. The van der Waals surface area contributed by atoms with Gasteiger partial charge < -0.3 is 20.7 Å². The molecule has 0 aromatic heterocycles. The van der Waals surface area contributed by atoms with Crippen molar-refractivity contribution in [3.05, 3.63) is 0 Å². The lowest BCUT2D eigenvalue weighted by molar-refractivity contribution is -0.216. The minimum absolute atomic E-state index is 0.0617. The first-order chi connectivity index (χ1) is 4.61. The van der Waals surface area contributed by atoms with Crippen LogP contribution in [0.5, 0.6) is 0 Å². The number of rotatable bonds is 0. The highest BCUT2D eigenvalue weighted by atomic mass is 16.6. The highest BCUT2D eigenvalue weighted by Gasteiger charge is 2.32. The molecule has 1 rings (SSSR count). The first-order valence-electron chi connectivity index (χ1n) is 3.38. The van der Waals surface area contributed by atoms with Gasteiger partial charge in [0.15, 0.2) is 6.29 Å². The van der Waals surface area contributed by atoms with E-state index in [1.807, 2.05) is 6.92 Å². The maximum atomic E-state index is 9.06. The zero-order valence-electron chi connectivity index (χ0n) is 5.90. The number of hydrogen-bond acceptors (Lipinski definition) is 4. The smallest absolute Gasteiger partial charge is 0.182 e. The van der Waals surface area contributed by atoms with Gasteiger partial charge in [-0.2, -0.15) is 0 Å². The molecule has 1 aliphatic rings. The average Bonchev–Trinajstić information content (AvgIpc) is 1.82. The molecule has 0 aliphatic carbocycles. The molecule has 1 fully saturated rings. The molecule has 0 bridgehead atoms. The highest BCUT2D eigenvalue weighted by Crippen LogP contribution is 2.16. The monoisotopic (exact) mass is 147 g/mol. The average molecular weight is 147 g/mol. The Balaban J connectivity index is 2.49. The summed E-state index contributed by atoms with van der Waals surface area (Å²) in [5.41, 5.74) is 5.47. The molecule has 4 atom stereocenters. The third-order valence-electron chi connectivity index (χ3n) is 1.71. The molecule has 0 spiro atoms. The Hall–Kier alpha value is -0.160. The number of nitrogens with two attached hydrogens (primary N) is 1. The third kappa shape index (κ3) is 1.46. The van der Waals surface area contributed by atoms with Crippen LogP contribution >= 0.6 is 0 Å². The van der Waals surface area contributed by atoms with Crippen molar-refractivity contribution < 1.29 is 14.9 Å². The zero-order valence-corrected chi connectivity index (χ0v) is 5.90. The fourth-order valence-electron chi connectivity index (χ4n) is 1.11. The third-order valence-corrected chi connectivity index (χ3v) is 1.71. The first-order valence-corrected chi connectivity index (χ1v) is 3.38. The van der Waals surface area contributed by atoms with Gasteiger partial charge in [0.25, 0.3) is 0 Å². The molecule has 0 amide bonds. The minimum atomic E-state index is -1.11. The largest absolute Gasteiger partial charge is 0.386 e. The van der Waals surface area contributed by atoms with E-state index < -0.39 is 12.4 Å². The summed E-state index contributed by atoms with van der Waals surface area (Å²) in [5.74, 6) is 0. The quantitative estimate of drug-likeness (QED) is 0.402. The highest BCUT2D eigenvalue weighted by molar-refractivity contribution is 4.81. The van der Waals surface area contributed by atoms with Crippen LogP contribution in [0.25, 0.3) is 0 Å². The van der Waals surface area contributed by atoms with Crippen LogP contribution in [-0.4, -0.2) is 34.8 Å². The van der Waals surface area contributed by atoms with Crippen molar-refractivity contribution in [2.45, 2.75) is 37.9 Å². The van der Waals surface area contributed by atoms with E-state index in [2.05, 4.69) is 0 Å². The van der Waals surface area contributed by atoms with Crippen LogP contribution in [0.4, 0.5) is 0 Å². The summed E-state index contributed by atoms with van der Waals surface area (Å²) in [6.07, 6.45) is -1.51. The van der Waals surface area contributed by atoms with Crippen LogP contribution in [0, 0.1) is 0 Å². The molecule has 4 heteroatoms.